The van der Waals surface area contributed by atoms with Crippen molar-refractivity contribution >= 4 is 11.8 Å². The Morgan fingerprint density at radius 3 is 1.92 bits per heavy atom. The van der Waals surface area contributed by atoms with E-state index in [0.29, 0.717) is 4.48 Å². The number of rotatable bonds is 16. The number of hydrogen-bond donors (Lipinski definition) is 1. The first-order chi connectivity index (χ1) is 12.1. The van der Waals surface area contributed by atoms with Gasteiger partial charge in [-0.15, -0.1) is 0 Å². The molecule has 0 aliphatic heterocycles. The summed E-state index contributed by atoms with van der Waals surface area (Å²) in [4.78, 5) is 23.2. The number of carboxylic acids is 1. The van der Waals surface area contributed by atoms with Crippen LogP contribution >= 0.6 is 0 Å². The number of carbonyl (C=O) groups excluding carboxylic acids is 2. The largest absolute Gasteiger partial charge is 0.550 e. The molecule has 0 aromatic carbocycles. The van der Waals surface area contributed by atoms with Crippen molar-refractivity contribution < 1.29 is 24.3 Å². The number of quaternary nitrogens is 1. The molecule has 0 radical (unpaired) electrons. The number of nitrogens with zero attached hydrogens (tertiary/aromatic N) is 1. The quantitative estimate of drug-likeness (QED) is 0.258. The first-order valence-corrected chi connectivity index (χ1v) is 10.0. The number of likely N-dealkylation sites (N-methyl/N-ethyl adjacent to an activating group) is 1. The molecule has 5 nitrogen and oxygen atoms in total. The van der Waals surface area contributed by atoms with E-state index in [9.17, 15) is 19.8 Å². The van der Waals surface area contributed by atoms with Crippen LogP contribution in [-0.2, 0) is 9.59 Å². The predicted molar refractivity (Wildman–Crippen MR) is 103 cm³/mol. The van der Waals surface area contributed by atoms with Gasteiger partial charge in [0, 0.05) is 12.4 Å². The molecule has 0 amide bonds. The summed E-state index contributed by atoms with van der Waals surface area (Å²) < 4.78 is 0.293. The lowest BCUT2D eigenvalue weighted by Gasteiger charge is -2.34. The van der Waals surface area contributed by atoms with Crippen molar-refractivity contribution in [2.24, 2.45) is 0 Å². The molecule has 1 atom stereocenters. The predicted octanol–water partition coefficient (Wildman–Crippen LogP) is 2.61. The van der Waals surface area contributed by atoms with E-state index in [1.54, 1.807) is 27.2 Å². The summed E-state index contributed by atoms with van der Waals surface area (Å²) in [7, 11) is 5.42. The third kappa shape index (κ3) is 13.1. The molecule has 5 heteroatoms. The molecular weight excluding hydrogens is 330 g/mol. The van der Waals surface area contributed by atoms with Crippen molar-refractivity contribution in [3.8, 4) is 0 Å². The minimum absolute atomic E-state index is 0.0299. The van der Waals surface area contributed by atoms with Gasteiger partial charge in [-0.1, -0.05) is 64.4 Å². The first kappa shape index (κ1) is 24.8. The number of aliphatic carboxylic acids is 1. The van der Waals surface area contributed by atoms with E-state index in [0.717, 1.165) is 19.3 Å². The number of aliphatic hydroxyl groups is 1. The second-order valence-corrected chi connectivity index (χ2v) is 8.41. The number of unbranched alkanes of at least 4 members (excludes halogenated alkanes) is 9. The van der Waals surface area contributed by atoms with Crippen LogP contribution in [0.3, 0.4) is 0 Å². The summed E-state index contributed by atoms with van der Waals surface area (Å²) in [6.07, 6.45) is 14.4. The molecule has 152 valence electrons. The fourth-order valence-electron chi connectivity index (χ4n) is 3.16. The van der Waals surface area contributed by atoms with Gasteiger partial charge in [0.05, 0.1) is 21.1 Å². The lowest BCUT2D eigenvalue weighted by atomic mass is 9.92. The maximum Gasteiger partial charge on any atom is 0.193 e. The van der Waals surface area contributed by atoms with Gasteiger partial charge in [0.15, 0.2) is 11.4 Å². The number of ketones is 1. The topological polar surface area (TPSA) is 77.4 Å². The van der Waals surface area contributed by atoms with Gasteiger partial charge in [0.2, 0.25) is 0 Å². The number of allylic oxidation sites excluding steroid dienone is 1. The third-order valence-corrected chi connectivity index (χ3v) is 4.37. The molecule has 26 heavy (non-hydrogen) atoms. The van der Waals surface area contributed by atoms with Gasteiger partial charge in [-0.2, -0.15) is 0 Å². The zero-order valence-electron chi connectivity index (χ0n) is 17.3. The van der Waals surface area contributed by atoms with E-state index in [1.165, 1.54) is 51.0 Å². The Kier molecular flexibility index (Phi) is 12.4. The molecule has 0 aliphatic rings. The minimum Gasteiger partial charge on any atom is -0.550 e. The fourth-order valence-corrected chi connectivity index (χ4v) is 3.16. The maximum absolute atomic E-state index is 12.3. The van der Waals surface area contributed by atoms with Gasteiger partial charge in [0.25, 0.3) is 0 Å². The van der Waals surface area contributed by atoms with Crippen LogP contribution in [0, 0.1) is 0 Å². The van der Waals surface area contributed by atoms with Crippen molar-refractivity contribution in [1.29, 1.82) is 0 Å². The van der Waals surface area contributed by atoms with E-state index in [1.807, 2.05) is 0 Å². The molecule has 0 spiro atoms. The standard InChI is InChI=1S/C21H39NO4/c1-5-6-7-8-9-10-11-12-13-14-15-16-19(23)21(26,17-20(24)25)18-22(2,3)4/h15-16,26H,5-14,17-18H2,1-4H3/t21-/m1/s1. The smallest absolute Gasteiger partial charge is 0.193 e. The van der Waals surface area contributed by atoms with Crippen LogP contribution in [0.4, 0.5) is 0 Å². The Hall–Kier alpha value is -1.20. The highest BCUT2D eigenvalue weighted by atomic mass is 16.4. The average Bonchev–Trinajstić information content (AvgIpc) is 2.49. The van der Waals surface area contributed by atoms with E-state index in [-0.39, 0.29) is 6.54 Å². The highest BCUT2D eigenvalue weighted by Gasteiger charge is 2.39. The van der Waals surface area contributed by atoms with Crippen molar-refractivity contribution in [3.63, 3.8) is 0 Å². The highest BCUT2D eigenvalue weighted by Crippen LogP contribution is 2.17. The molecule has 0 aromatic rings. The zero-order chi connectivity index (χ0) is 20.1. The fraction of sp³-hybridized carbons (Fsp3) is 0.810. The lowest BCUT2D eigenvalue weighted by molar-refractivity contribution is -0.875. The Bertz CT molecular complexity index is 440. The second kappa shape index (κ2) is 13.0. The monoisotopic (exact) mass is 369 g/mol. The van der Waals surface area contributed by atoms with Gasteiger partial charge in [-0.05, 0) is 18.9 Å². The summed E-state index contributed by atoms with van der Waals surface area (Å²) in [5.74, 6) is -1.97. The second-order valence-electron chi connectivity index (χ2n) is 8.41. The Morgan fingerprint density at radius 1 is 0.962 bits per heavy atom. The molecule has 1 N–H and O–H groups in total. The molecule has 0 aliphatic carbocycles. The molecule has 0 unspecified atom stereocenters. The van der Waals surface area contributed by atoms with Crippen LogP contribution in [0.25, 0.3) is 0 Å². The van der Waals surface area contributed by atoms with Crippen LogP contribution < -0.4 is 5.11 Å². The van der Waals surface area contributed by atoms with E-state index in [4.69, 9.17) is 0 Å². The number of carboxylic acid groups (broad SMARTS) is 1. The van der Waals surface area contributed by atoms with Crippen LogP contribution in [0.15, 0.2) is 12.2 Å². The molecular formula is C21H39NO4. The lowest BCUT2D eigenvalue weighted by Crippen LogP contribution is -2.55. The molecule has 0 heterocycles. The van der Waals surface area contributed by atoms with E-state index in [2.05, 4.69) is 6.92 Å². The van der Waals surface area contributed by atoms with Gasteiger partial charge in [-0.25, -0.2) is 0 Å². The molecule has 0 bridgehead atoms. The van der Waals surface area contributed by atoms with Crippen LogP contribution in [0.5, 0.6) is 0 Å². The molecule has 0 aromatic heterocycles. The summed E-state index contributed by atoms with van der Waals surface area (Å²) in [6, 6.07) is 0. The average molecular weight is 370 g/mol. The molecule has 0 saturated heterocycles. The van der Waals surface area contributed by atoms with E-state index >= 15 is 0 Å². The summed E-state index contributed by atoms with van der Waals surface area (Å²) in [6.45, 7) is 2.25. The van der Waals surface area contributed by atoms with Crippen LogP contribution in [0.1, 0.15) is 77.6 Å². The van der Waals surface area contributed by atoms with Gasteiger partial charge in [-0.3, -0.25) is 4.79 Å². The van der Waals surface area contributed by atoms with Crippen molar-refractivity contribution in [3.05, 3.63) is 12.2 Å². The molecule has 0 saturated carbocycles. The highest BCUT2D eigenvalue weighted by molar-refractivity contribution is 5.99. The zero-order valence-corrected chi connectivity index (χ0v) is 17.3. The maximum atomic E-state index is 12.3. The first-order valence-electron chi connectivity index (χ1n) is 10.0. The normalized spacial score (nSPS) is 14.5. The molecule has 0 rings (SSSR count). The Balaban J connectivity index is 4.15. The minimum atomic E-state index is -1.91. The van der Waals surface area contributed by atoms with Crippen molar-refractivity contribution in [2.45, 2.75) is 83.2 Å². The number of hydrogen-bond acceptors (Lipinski definition) is 4. The Morgan fingerprint density at radius 2 is 1.46 bits per heavy atom. The van der Waals surface area contributed by atoms with Crippen LogP contribution in [-0.4, -0.2) is 54.6 Å². The third-order valence-electron chi connectivity index (χ3n) is 4.37. The Labute approximate surface area is 159 Å². The molecule has 0 fully saturated rings. The SMILES string of the molecule is CCCCCCCCCCCC=CC(=O)[C@@](O)(CC(=O)[O-])C[N+](C)(C)C. The number of carbonyl (C=O) groups is 2. The summed E-state index contributed by atoms with van der Waals surface area (Å²) in [5.41, 5.74) is -1.91. The van der Waals surface area contributed by atoms with Crippen molar-refractivity contribution in [1.82, 2.24) is 0 Å². The van der Waals surface area contributed by atoms with Gasteiger partial charge in [0.1, 0.15) is 6.54 Å². The summed E-state index contributed by atoms with van der Waals surface area (Å²) in [5, 5.41) is 21.4. The van der Waals surface area contributed by atoms with Gasteiger partial charge >= 0.3 is 0 Å². The van der Waals surface area contributed by atoms with Gasteiger partial charge < -0.3 is 19.5 Å². The summed E-state index contributed by atoms with van der Waals surface area (Å²) >= 11 is 0. The van der Waals surface area contributed by atoms with Crippen LogP contribution in [0.2, 0.25) is 0 Å². The van der Waals surface area contributed by atoms with Crippen molar-refractivity contribution in [2.75, 3.05) is 27.7 Å². The van der Waals surface area contributed by atoms with E-state index < -0.39 is 23.8 Å².